The van der Waals surface area contributed by atoms with Gasteiger partial charge >= 0.3 is 0 Å². The van der Waals surface area contributed by atoms with E-state index in [4.69, 9.17) is 21.1 Å². The van der Waals surface area contributed by atoms with Gasteiger partial charge in [-0.25, -0.2) is 12.7 Å². The lowest BCUT2D eigenvalue weighted by atomic mass is 10.1. The summed E-state index contributed by atoms with van der Waals surface area (Å²) >= 11 is 6.07. The van der Waals surface area contributed by atoms with Crippen molar-refractivity contribution >= 4 is 39.1 Å². The molecule has 1 aliphatic carbocycles. The predicted octanol–water partition coefficient (Wildman–Crippen LogP) is 2.92. The van der Waals surface area contributed by atoms with Crippen LogP contribution in [0.1, 0.15) is 33.6 Å². The second-order valence-corrected chi connectivity index (χ2v) is 8.88. The van der Waals surface area contributed by atoms with Gasteiger partial charge in [-0.1, -0.05) is 11.6 Å². The van der Waals surface area contributed by atoms with E-state index < -0.39 is 21.8 Å². The quantitative estimate of drug-likeness (QED) is 0.773. The fourth-order valence-electron chi connectivity index (χ4n) is 3.21. The second kappa shape index (κ2) is 6.93. The molecule has 1 aliphatic heterocycles. The molecule has 2 aliphatic rings. The molecule has 152 valence electrons. The monoisotopic (exact) mass is 436 g/mol. The van der Waals surface area contributed by atoms with Crippen LogP contribution in [-0.4, -0.2) is 44.8 Å². The standard InChI is InChI=1S/C19H17ClN2O6S/c1-27-15-9-14(16(28-2)8-13(15)20)21-18(23)10-3-6-12-17(7-10)29(25,26)22(19(12)24)11-4-5-11/h3,6-9,11H,4-5H2,1-2H3,(H,21,23). The van der Waals surface area contributed by atoms with Gasteiger partial charge in [0.2, 0.25) is 0 Å². The van der Waals surface area contributed by atoms with Gasteiger partial charge in [-0.2, -0.15) is 0 Å². The Hall–Kier alpha value is -2.78. The van der Waals surface area contributed by atoms with Crippen molar-refractivity contribution in [2.24, 2.45) is 0 Å². The van der Waals surface area contributed by atoms with Crippen LogP contribution in [-0.2, 0) is 10.0 Å². The number of sulfonamides is 1. The topological polar surface area (TPSA) is 102 Å². The summed E-state index contributed by atoms with van der Waals surface area (Å²) in [5, 5.41) is 2.97. The highest BCUT2D eigenvalue weighted by Crippen LogP contribution is 2.40. The van der Waals surface area contributed by atoms with Crippen LogP contribution < -0.4 is 14.8 Å². The summed E-state index contributed by atoms with van der Waals surface area (Å²) < 4.78 is 36.8. The van der Waals surface area contributed by atoms with Gasteiger partial charge in [0.15, 0.2) is 0 Å². The molecule has 0 aromatic heterocycles. The van der Waals surface area contributed by atoms with Crippen LogP contribution in [0.5, 0.6) is 11.5 Å². The molecule has 0 saturated heterocycles. The Morgan fingerprint density at radius 2 is 1.83 bits per heavy atom. The Labute approximate surface area is 172 Å². The van der Waals surface area contributed by atoms with Gasteiger partial charge in [0.25, 0.3) is 21.8 Å². The van der Waals surface area contributed by atoms with Gasteiger partial charge < -0.3 is 14.8 Å². The van der Waals surface area contributed by atoms with Crippen molar-refractivity contribution in [1.29, 1.82) is 0 Å². The van der Waals surface area contributed by atoms with E-state index in [0.29, 0.717) is 35.1 Å². The Kier molecular flexibility index (Phi) is 4.66. The number of fused-ring (bicyclic) bond motifs is 1. The summed E-state index contributed by atoms with van der Waals surface area (Å²) in [4.78, 5) is 25.1. The lowest BCUT2D eigenvalue weighted by Gasteiger charge is -2.14. The molecule has 0 unspecified atom stereocenters. The Balaban J connectivity index is 1.67. The Morgan fingerprint density at radius 1 is 1.14 bits per heavy atom. The van der Waals surface area contributed by atoms with Crippen molar-refractivity contribution in [3.05, 3.63) is 46.5 Å². The van der Waals surface area contributed by atoms with Crippen molar-refractivity contribution in [1.82, 2.24) is 4.31 Å². The number of nitrogens with zero attached hydrogens (tertiary/aromatic N) is 1. The smallest absolute Gasteiger partial charge is 0.269 e. The number of amides is 2. The Bertz CT molecular complexity index is 1140. The second-order valence-electron chi connectivity index (χ2n) is 6.69. The first-order chi connectivity index (χ1) is 13.8. The number of nitrogens with one attached hydrogen (secondary N) is 1. The third-order valence-corrected chi connectivity index (χ3v) is 6.98. The fourth-order valence-corrected chi connectivity index (χ4v) is 5.28. The maximum atomic E-state index is 12.8. The summed E-state index contributed by atoms with van der Waals surface area (Å²) in [5.41, 5.74) is 0.478. The fraction of sp³-hybridized carbons (Fsp3) is 0.263. The van der Waals surface area contributed by atoms with Gasteiger partial charge in [0.1, 0.15) is 16.4 Å². The zero-order valence-electron chi connectivity index (χ0n) is 15.6. The molecule has 1 fully saturated rings. The van der Waals surface area contributed by atoms with Gasteiger partial charge in [-0.05, 0) is 31.0 Å². The summed E-state index contributed by atoms with van der Waals surface area (Å²) in [6.07, 6.45) is 1.31. The lowest BCUT2D eigenvalue weighted by Crippen LogP contribution is -2.31. The first-order valence-corrected chi connectivity index (χ1v) is 10.6. The van der Waals surface area contributed by atoms with E-state index >= 15 is 0 Å². The summed E-state index contributed by atoms with van der Waals surface area (Å²) in [6, 6.07) is 6.71. The zero-order chi connectivity index (χ0) is 20.9. The van der Waals surface area contributed by atoms with E-state index in [9.17, 15) is 18.0 Å². The third-order valence-electron chi connectivity index (χ3n) is 4.81. The van der Waals surface area contributed by atoms with E-state index in [0.717, 1.165) is 4.31 Å². The van der Waals surface area contributed by atoms with Gasteiger partial charge in [-0.3, -0.25) is 9.59 Å². The maximum absolute atomic E-state index is 12.8. The molecular formula is C19H17ClN2O6S. The van der Waals surface area contributed by atoms with Crippen molar-refractivity contribution in [2.45, 2.75) is 23.8 Å². The molecule has 1 N–H and O–H groups in total. The van der Waals surface area contributed by atoms with Crippen LogP contribution in [0, 0.1) is 0 Å². The first-order valence-electron chi connectivity index (χ1n) is 8.73. The molecule has 10 heteroatoms. The molecule has 0 bridgehead atoms. The molecular weight excluding hydrogens is 420 g/mol. The molecule has 2 aromatic carbocycles. The molecule has 0 radical (unpaired) electrons. The van der Waals surface area contributed by atoms with Crippen LogP contribution in [0.4, 0.5) is 5.69 Å². The summed E-state index contributed by atoms with van der Waals surface area (Å²) in [5.74, 6) is -0.459. The average molecular weight is 437 g/mol. The number of hydrogen-bond donors (Lipinski definition) is 1. The SMILES string of the molecule is COc1cc(NC(=O)c2ccc3c(c2)S(=O)(=O)N(C2CC2)C3=O)c(OC)cc1Cl. The molecule has 29 heavy (non-hydrogen) atoms. The highest BCUT2D eigenvalue weighted by atomic mass is 35.5. The molecule has 2 amide bonds. The van der Waals surface area contributed by atoms with Gasteiger partial charge in [-0.15, -0.1) is 0 Å². The van der Waals surface area contributed by atoms with Crippen LogP contribution in [0.2, 0.25) is 5.02 Å². The van der Waals surface area contributed by atoms with E-state index in [2.05, 4.69) is 5.32 Å². The molecule has 0 atom stereocenters. The van der Waals surface area contributed by atoms with Crippen molar-refractivity contribution < 1.29 is 27.5 Å². The van der Waals surface area contributed by atoms with E-state index in [1.165, 1.54) is 44.6 Å². The first kappa shape index (κ1) is 19.5. The molecule has 1 saturated carbocycles. The van der Waals surface area contributed by atoms with Crippen LogP contribution in [0.3, 0.4) is 0 Å². The highest BCUT2D eigenvalue weighted by molar-refractivity contribution is 7.90. The number of carbonyl (C=O) groups excluding carboxylic acids is 2. The number of rotatable bonds is 5. The number of carbonyl (C=O) groups is 2. The highest BCUT2D eigenvalue weighted by Gasteiger charge is 2.48. The third kappa shape index (κ3) is 3.20. The minimum absolute atomic E-state index is 0.0826. The molecule has 2 aromatic rings. The number of methoxy groups -OCH3 is 2. The molecule has 0 spiro atoms. The van der Waals surface area contributed by atoms with Crippen molar-refractivity contribution in [3.8, 4) is 11.5 Å². The zero-order valence-corrected chi connectivity index (χ0v) is 17.1. The van der Waals surface area contributed by atoms with Crippen LogP contribution in [0.15, 0.2) is 35.2 Å². The maximum Gasteiger partial charge on any atom is 0.269 e. The number of benzene rings is 2. The van der Waals surface area contributed by atoms with Crippen molar-refractivity contribution in [3.63, 3.8) is 0 Å². The summed E-state index contributed by atoms with van der Waals surface area (Å²) in [7, 11) is -1.09. The number of ether oxygens (including phenoxy) is 2. The largest absolute Gasteiger partial charge is 0.495 e. The van der Waals surface area contributed by atoms with E-state index in [1.807, 2.05) is 0 Å². The number of hydrogen-bond acceptors (Lipinski definition) is 6. The molecule has 1 heterocycles. The van der Waals surface area contributed by atoms with Gasteiger partial charge in [0, 0.05) is 23.7 Å². The molecule has 4 rings (SSSR count). The van der Waals surface area contributed by atoms with Gasteiger partial charge in [0.05, 0.1) is 30.5 Å². The minimum Gasteiger partial charge on any atom is -0.495 e. The predicted molar refractivity (Wildman–Crippen MR) is 105 cm³/mol. The van der Waals surface area contributed by atoms with Crippen molar-refractivity contribution in [2.75, 3.05) is 19.5 Å². The Morgan fingerprint density at radius 3 is 2.45 bits per heavy atom. The normalized spacial score (nSPS) is 17.1. The lowest BCUT2D eigenvalue weighted by molar-refractivity contribution is 0.0864. The van der Waals surface area contributed by atoms with E-state index in [-0.39, 0.29) is 22.1 Å². The van der Waals surface area contributed by atoms with Crippen LogP contribution in [0.25, 0.3) is 0 Å². The average Bonchev–Trinajstić information content (AvgIpc) is 3.50. The minimum atomic E-state index is -3.95. The summed E-state index contributed by atoms with van der Waals surface area (Å²) in [6.45, 7) is 0. The molecule has 8 nitrogen and oxygen atoms in total. The number of anilines is 1. The number of halogens is 1. The van der Waals surface area contributed by atoms with Crippen LogP contribution >= 0.6 is 11.6 Å². The van der Waals surface area contributed by atoms with E-state index in [1.54, 1.807) is 0 Å².